The number of halogens is 1. The number of benzene rings is 1. The number of methoxy groups -OCH3 is 1. The van der Waals surface area contributed by atoms with Crippen LogP contribution in [0.3, 0.4) is 0 Å². The normalized spacial score (nSPS) is 9.93. The van der Waals surface area contributed by atoms with Crippen LogP contribution in [0, 0.1) is 0 Å². The second-order valence-electron chi connectivity index (χ2n) is 2.84. The second kappa shape index (κ2) is 5.12. The highest BCUT2D eigenvalue weighted by Gasteiger charge is 2.09. The summed E-state index contributed by atoms with van der Waals surface area (Å²) < 4.78 is 5.39. The van der Waals surface area contributed by atoms with E-state index in [1.807, 2.05) is 19.2 Å². The minimum atomic E-state index is -0.326. The number of carbonyl (C=O) groups excluding carboxylic acids is 1. The van der Waals surface area contributed by atoms with Crippen LogP contribution in [0.5, 0.6) is 0 Å². The molecule has 0 spiro atoms. The third-order valence-corrected chi connectivity index (χ3v) is 2.48. The standard InChI is InChI=1S/C10H12BrNO2/c1-12-6-7-3-4-8(9(11)5-7)10(13)14-2/h3-5,12H,6H2,1-2H3. The van der Waals surface area contributed by atoms with Crippen LogP contribution in [0.25, 0.3) is 0 Å². The van der Waals surface area contributed by atoms with E-state index < -0.39 is 0 Å². The van der Waals surface area contributed by atoms with Gasteiger partial charge in [-0.2, -0.15) is 0 Å². The number of ether oxygens (including phenoxy) is 1. The highest BCUT2D eigenvalue weighted by atomic mass is 79.9. The van der Waals surface area contributed by atoms with Gasteiger partial charge in [0.25, 0.3) is 0 Å². The van der Waals surface area contributed by atoms with Crippen molar-refractivity contribution < 1.29 is 9.53 Å². The number of hydrogen-bond acceptors (Lipinski definition) is 3. The maximum absolute atomic E-state index is 11.2. The average Bonchev–Trinajstić information content (AvgIpc) is 2.17. The Kier molecular flexibility index (Phi) is 4.10. The average molecular weight is 258 g/mol. The van der Waals surface area contributed by atoms with E-state index >= 15 is 0 Å². The zero-order valence-corrected chi connectivity index (χ0v) is 9.72. The number of hydrogen-bond donors (Lipinski definition) is 1. The first-order valence-corrected chi connectivity index (χ1v) is 4.99. The predicted octanol–water partition coefficient (Wildman–Crippen LogP) is 1.96. The van der Waals surface area contributed by atoms with Crippen molar-refractivity contribution in [1.29, 1.82) is 0 Å². The number of esters is 1. The lowest BCUT2D eigenvalue weighted by Gasteiger charge is -2.05. The van der Waals surface area contributed by atoms with Crippen molar-refractivity contribution in [3.8, 4) is 0 Å². The minimum absolute atomic E-state index is 0.326. The van der Waals surface area contributed by atoms with Gasteiger partial charge in [0.2, 0.25) is 0 Å². The lowest BCUT2D eigenvalue weighted by atomic mass is 10.1. The molecule has 0 aliphatic rings. The zero-order chi connectivity index (χ0) is 10.6. The largest absolute Gasteiger partial charge is 0.465 e. The molecule has 4 heteroatoms. The number of carbonyl (C=O) groups is 1. The van der Waals surface area contributed by atoms with Gasteiger partial charge in [0.05, 0.1) is 12.7 Å². The Morgan fingerprint density at radius 3 is 2.79 bits per heavy atom. The summed E-state index contributed by atoms with van der Waals surface area (Å²) >= 11 is 3.33. The summed E-state index contributed by atoms with van der Waals surface area (Å²) in [6.07, 6.45) is 0. The van der Waals surface area contributed by atoms with Crippen LogP contribution in [0.2, 0.25) is 0 Å². The molecule has 0 aliphatic heterocycles. The fraction of sp³-hybridized carbons (Fsp3) is 0.300. The fourth-order valence-electron chi connectivity index (χ4n) is 1.15. The fourth-order valence-corrected chi connectivity index (χ4v) is 1.74. The molecular formula is C10H12BrNO2. The summed E-state index contributed by atoms with van der Waals surface area (Å²) in [5.74, 6) is -0.326. The molecular weight excluding hydrogens is 246 g/mol. The summed E-state index contributed by atoms with van der Waals surface area (Å²) in [5.41, 5.74) is 1.67. The smallest absolute Gasteiger partial charge is 0.338 e. The first-order valence-electron chi connectivity index (χ1n) is 4.20. The Labute approximate surface area is 91.6 Å². The summed E-state index contributed by atoms with van der Waals surface area (Å²) in [7, 11) is 3.25. The number of nitrogens with one attached hydrogen (secondary N) is 1. The lowest BCUT2D eigenvalue weighted by molar-refractivity contribution is 0.0599. The molecule has 0 heterocycles. The molecule has 0 bridgehead atoms. The first kappa shape index (κ1) is 11.2. The van der Waals surface area contributed by atoms with Crippen LogP contribution < -0.4 is 5.32 Å². The first-order chi connectivity index (χ1) is 6.69. The molecule has 0 saturated carbocycles. The third kappa shape index (κ3) is 2.56. The van der Waals surface area contributed by atoms with Gasteiger partial charge in [0.15, 0.2) is 0 Å². The van der Waals surface area contributed by atoms with Crippen LogP contribution in [-0.2, 0) is 11.3 Å². The second-order valence-corrected chi connectivity index (χ2v) is 3.69. The maximum Gasteiger partial charge on any atom is 0.338 e. The van der Waals surface area contributed by atoms with Gasteiger partial charge in [0.1, 0.15) is 0 Å². The molecule has 0 aromatic heterocycles. The van der Waals surface area contributed by atoms with Gasteiger partial charge in [-0.3, -0.25) is 0 Å². The van der Waals surface area contributed by atoms with E-state index in [1.54, 1.807) is 6.07 Å². The van der Waals surface area contributed by atoms with Crippen LogP contribution >= 0.6 is 15.9 Å². The molecule has 0 saturated heterocycles. The Morgan fingerprint density at radius 1 is 1.57 bits per heavy atom. The van der Waals surface area contributed by atoms with Crippen molar-refractivity contribution in [2.45, 2.75) is 6.54 Å². The van der Waals surface area contributed by atoms with Crippen molar-refractivity contribution in [1.82, 2.24) is 5.32 Å². The van der Waals surface area contributed by atoms with Crippen molar-refractivity contribution in [2.75, 3.05) is 14.2 Å². The van der Waals surface area contributed by atoms with Gasteiger partial charge in [0, 0.05) is 11.0 Å². The molecule has 1 rings (SSSR count). The molecule has 1 N–H and O–H groups in total. The monoisotopic (exact) mass is 257 g/mol. The van der Waals surface area contributed by atoms with Crippen molar-refractivity contribution in [2.24, 2.45) is 0 Å². The van der Waals surface area contributed by atoms with Crippen molar-refractivity contribution in [3.05, 3.63) is 33.8 Å². The van der Waals surface area contributed by atoms with E-state index in [0.29, 0.717) is 5.56 Å². The molecule has 3 nitrogen and oxygen atoms in total. The Bertz CT molecular complexity index is 339. The zero-order valence-electron chi connectivity index (χ0n) is 8.13. The van der Waals surface area contributed by atoms with Gasteiger partial charge in [-0.05, 0) is 40.7 Å². The van der Waals surface area contributed by atoms with E-state index in [9.17, 15) is 4.79 Å². The maximum atomic E-state index is 11.2. The van der Waals surface area contributed by atoms with Crippen molar-refractivity contribution >= 4 is 21.9 Å². The quantitative estimate of drug-likeness (QED) is 0.842. The molecule has 76 valence electrons. The summed E-state index contributed by atoms with van der Waals surface area (Å²) in [5, 5.41) is 3.04. The SMILES string of the molecule is CNCc1ccc(C(=O)OC)c(Br)c1. The Balaban J connectivity index is 2.95. The molecule has 1 aromatic rings. The highest BCUT2D eigenvalue weighted by Crippen LogP contribution is 2.19. The molecule has 14 heavy (non-hydrogen) atoms. The molecule has 0 amide bonds. The minimum Gasteiger partial charge on any atom is -0.465 e. The number of rotatable bonds is 3. The Morgan fingerprint density at radius 2 is 2.29 bits per heavy atom. The molecule has 0 fully saturated rings. The summed E-state index contributed by atoms with van der Waals surface area (Å²) in [6, 6.07) is 5.55. The van der Waals surface area contributed by atoms with Crippen LogP contribution in [0.15, 0.2) is 22.7 Å². The molecule has 0 unspecified atom stereocenters. The third-order valence-electron chi connectivity index (χ3n) is 1.82. The van der Waals surface area contributed by atoms with E-state index in [4.69, 9.17) is 0 Å². The van der Waals surface area contributed by atoms with Crippen LogP contribution in [0.4, 0.5) is 0 Å². The predicted molar refractivity (Wildman–Crippen MR) is 58.2 cm³/mol. The van der Waals surface area contributed by atoms with Gasteiger partial charge < -0.3 is 10.1 Å². The molecule has 1 aromatic carbocycles. The van der Waals surface area contributed by atoms with Gasteiger partial charge in [-0.15, -0.1) is 0 Å². The van der Waals surface area contributed by atoms with Gasteiger partial charge in [-0.25, -0.2) is 4.79 Å². The van der Waals surface area contributed by atoms with Gasteiger partial charge >= 0.3 is 5.97 Å². The topological polar surface area (TPSA) is 38.3 Å². The molecule has 0 aliphatic carbocycles. The van der Waals surface area contributed by atoms with Crippen LogP contribution in [-0.4, -0.2) is 20.1 Å². The van der Waals surface area contributed by atoms with E-state index in [2.05, 4.69) is 26.0 Å². The highest BCUT2D eigenvalue weighted by molar-refractivity contribution is 9.10. The summed E-state index contributed by atoms with van der Waals surface area (Å²) in [6.45, 7) is 0.778. The Hall–Kier alpha value is -0.870. The summed E-state index contributed by atoms with van der Waals surface area (Å²) in [4.78, 5) is 11.2. The van der Waals surface area contributed by atoms with Gasteiger partial charge in [-0.1, -0.05) is 6.07 Å². The van der Waals surface area contributed by atoms with Crippen molar-refractivity contribution in [3.63, 3.8) is 0 Å². The molecule has 0 radical (unpaired) electrons. The van der Waals surface area contributed by atoms with E-state index in [0.717, 1.165) is 16.6 Å². The lowest BCUT2D eigenvalue weighted by Crippen LogP contribution is -2.07. The van der Waals surface area contributed by atoms with E-state index in [1.165, 1.54) is 7.11 Å². The van der Waals surface area contributed by atoms with Crippen LogP contribution in [0.1, 0.15) is 15.9 Å². The van der Waals surface area contributed by atoms with E-state index in [-0.39, 0.29) is 5.97 Å². The molecule has 0 atom stereocenters.